The molecule has 0 aromatic rings. The summed E-state index contributed by atoms with van der Waals surface area (Å²) in [6, 6.07) is 0. The third-order valence-electron chi connectivity index (χ3n) is 2.14. The molecule has 64 valence electrons. The van der Waals surface area contributed by atoms with E-state index in [0.717, 1.165) is 19.5 Å². The maximum Gasteiger partial charge on any atom is 0.248 e. The summed E-state index contributed by atoms with van der Waals surface area (Å²) >= 11 is 0. The van der Waals surface area contributed by atoms with Gasteiger partial charge in [0.25, 0.3) is 0 Å². The van der Waals surface area contributed by atoms with E-state index in [2.05, 4.69) is 6.92 Å². The average molecular weight is 157 g/mol. The normalized spacial score (nSPS) is 25.3. The minimum absolute atomic E-state index is 0.128. The van der Waals surface area contributed by atoms with Crippen molar-refractivity contribution >= 4 is 5.91 Å². The number of carbonyl (C=O) groups is 1. The van der Waals surface area contributed by atoms with Gasteiger partial charge in [0.15, 0.2) is 0 Å². The van der Waals surface area contributed by atoms with Gasteiger partial charge >= 0.3 is 0 Å². The monoisotopic (exact) mass is 157 g/mol. The molecule has 0 radical (unpaired) electrons. The zero-order chi connectivity index (χ0) is 8.27. The summed E-state index contributed by atoms with van der Waals surface area (Å²) < 4.78 is 0. The van der Waals surface area contributed by atoms with E-state index >= 15 is 0 Å². The van der Waals surface area contributed by atoms with Gasteiger partial charge in [-0.25, -0.2) is 0 Å². The predicted molar refractivity (Wildman–Crippen MR) is 42.1 cm³/mol. The summed E-state index contributed by atoms with van der Waals surface area (Å²) in [7, 11) is 0. The molecule has 0 aliphatic carbocycles. The molecule has 1 aliphatic rings. The lowest BCUT2D eigenvalue weighted by atomic mass is 10.0. The van der Waals surface area contributed by atoms with Crippen LogP contribution in [0.3, 0.4) is 0 Å². The first-order chi connectivity index (χ1) is 5.24. The van der Waals surface area contributed by atoms with Crippen molar-refractivity contribution in [3.63, 3.8) is 0 Å². The van der Waals surface area contributed by atoms with Gasteiger partial charge in [-0.2, -0.15) is 0 Å². The molecule has 1 aliphatic heterocycles. The van der Waals surface area contributed by atoms with Gasteiger partial charge < -0.3 is 10.0 Å². The number of rotatable bonds is 1. The van der Waals surface area contributed by atoms with Crippen molar-refractivity contribution in [1.29, 1.82) is 0 Å². The summed E-state index contributed by atoms with van der Waals surface area (Å²) in [5, 5.41) is 8.58. The van der Waals surface area contributed by atoms with E-state index in [0.29, 0.717) is 5.92 Å². The van der Waals surface area contributed by atoms with Crippen LogP contribution in [0.15, 0.2) is 0 Å². The molecule has 1 fully saturated rings. The van der Waals surface area contributed by atoms with E-state index in [9.17, 15) is 4.79 Å². The maximum absolute atomic E-state index is 11.0. The van der Waals surface area contributed by atoms with Gasteiger partial charge in [0, 0.05) is 13.1 Å². The summed E-state index contributed by atoms with van der Waals surface area (Å²) in [5.41, 5.74) is 0. The number of hydrogen-bond donors (Lipinski definition) is 1. The third-order valence-corrected chi connectivity index (χ3v) is 2.14. The topological polar surface area (TPSA) is 40.5 Å². The van der Waals surface area contributed by atoms with E-state index in [1.165, 1.54) is 6.42 Å². The SMILES string of the molecule is C[C@@H]1CCCN(C(=O)CO)C1. The van der Waals surface area contributed by atoms with E-state index in [4.69, 9.17) is 5.11 Å². The second-order valence-electron chi connectivity index (χ2n) is 3.25. The number of piperidine rings is 1. The molecule has 1 atom stereocenters. The minimum atomic E-state index is -0.341. The lowest BCUT2D eigenvalue weighted by Gasteiger charge is -2.30. The molecule has 0 saturated carbocycles. The molecular formula is C8H15NO2. The van der Waals surface area contributed by atoms with Crippen LogP contribution < -0.4 is 0 Å². The van der Waals surface area contributed by atoms with Crippen LogP contribution in [0.25, 0.3) is 0 Å². The molecule has 1 amide bonds. The number of hydrogen-bond acceptors (Lipinski definition) is 2. The lowest BCUT2D eigenvalue weighted by molar-refractivity contribution is -0.135. The molecule has 1 N–H and O–H groups in total. The highest BCUT2D eigenvalue weighted by molar-refractivity contribution is 5.77. The minimum Gasteiger partial charge on any atom is -0.387 e. The number of aliphatic hydroxyl groups excluding tert-OH is 1. The fourth-order valence-electron chi connectivity index (χ4n) is 1.52. The molecule has 3 nitrogen and oxygen atoms in total. The highest BCUT2D eigenvalue weighted by Crippen LogP contribution is 2.14. The summed E-state index contributed by atoms with van der Waals surface area (Å²) in [6.45, 7) is 3.44. The Morgan fingerprint density at radius 1 is 1.73 bits per heavy atom. The van der Waals surface area contributed by atoms with Crippen LogP contribution in [0, 0.1) is 5.92 Å². The molecule has 11 heavy (non-hydrogen) atoms. The molecule has 0 aromatic heterocycles. The van der Waals surface area contributed by atoms with Crippen LogP contribution in [0.1, 0.15) is 19.8 Å². The zero-order valence-corrected chi connectivity index (χ0v) is 6.92. The Labute approximate surface area is 67.0 Å². The summed E-state index contributed by atoms with van der Waals surface area (Å²) in [4.78, 5) is 12.7. The lowest BCUT2D eigenvalue weighted by Crippen LogP contribution is -2.40. The third kappa shape index (κ3) is 2.19. The van der Waals surface area contributed by atoms with Gasteiger partial charge in [0.2, 0.25) is 5.91 Å². The van der Waals surface area contributed by atoms with Crippen molar-refractivity contribution in [2.45, 2.75) is 19.8 Å². The van der Waals surface area contributed by atoms with Crippen molar-refractivity contribution in [3.05, 3.63) is 0 Å². The molecule has 1 heterocycles. The summed E-state index contributed by atoms with van der Waals surface area (Å²) in [5.74, 6) is 0.468. The van der Waals surface area contributed by atoms with Crippen LogP contribution in [0.5, 0.6) is 0 Å². The first-order valence-electron chi connectivity index (χ1n) is 4.12. The molecular weight excluding hydrogens is 142 g/mol. The first-order valence-corrected chi connectivity index (χ1v) is 4.12. The zero-order valence-electron chi connectivity index (χ0n) is 6.92. The quantitative estimate of drug-likeness (QED) is 0.592. The maximum atomic E-state index is 11.0. The Bertz CT molecular complexity index is 147. The highest BCUT2D eigenvalue weighted by Gasteiger charge is 2.19. The number of nitrogens with zero attached hydrogens (tertiary/aromatic N) is 1. The van der Waals surface area contributed by atoms with E-state index < -0.39 is 0 Å². The first kappa shape index (κ1) is 8.53. The van der Waals surface area contributed by atoms with Crippen LogP contribution in [-0.2, 0) is 4.79 Å². The average Bonchev–Trinajstić information content (AvgIpc) is 2.03. The van der Waals surface area contributed by atoms with Crippen LogP contribution in [-0.4, -0.2) is 35.6 Å². The van der Waals surface area contributed by atoms with Gasteiger partial charge in [0.05, 0.1) is 0 Å². The number of aliphatic hydroxyl groups is 1. The molecule has 1 rings (SSSR count). The Morgan fingerprint density at radius 2 is 2.45 bits per heavy atom. The van der Waals surface area contributed by atoms with Gasteiger partial charge in [-0.15, -0.1) is 0 Å². The van der Waals surface area contributed by atoms with Crippen molar-refractivity contribution in [2.24, 2.45) is 5.92 Å². The molecule has 0 unspecified atom stereocenters. The Kier molecular flexibility index (Phi) is 2.88. The van der Waals surface area contributed by atoms with Gasteiger partial charge in [-0.05, 0) is 18.8 Å². The Balaban J connectivity index is 2.39. The Hall–Kier alpha value is -0.570. The second-order valence-corrected chi connectivity index (χ2v) is 3.25. The molecule has 0 bridgehead atoms. The largest absolute Gasteiger partial charge is 0.387 e. The second kappa shape index (κ2) is 3.72. The van der Waals surface area contributed by atoms with Crippen molar-refractivity contribution < 1.29 is 9.90 Å². The number of carbonyl (C=O) groups excluding carboxylic acids is 1. The van der Waals surface area contributed by atoms with E-state index in [1.54, 1.807) is 4.90 Å². The predicted octanol–water partition coefficient (Wildman–Crippen LogP) is 0.237. The molecule has 1 saturated heterocycles. The van der Waals surface area contributed by atoms with Crippen LogP contribution in [0.4, 0.5) is 0 Å². The van der Waals surface area contributed by atoms with Crippen molar-refractivity contribution in [2.75, 3.05) is 19.7 Å². The summed E-state index contributed by atoms with van der Waals surface area (Å²) in [6.07, 6.45) is 2.28. The molecule has 0 aromatic carbocycles. The molecule has 0 spiro atoms. The standard InChI is InChI=1S/C8H15NO2/c1-7-3-2-4-9(5-7)8(11)6-10/h7,10H,2-6H2,1H3/t7-/m1/s1. The van der Waals surface area contributed by atoms with Crippen LogP contribution >= 0.6 is 0 Å². The number of amides is 1. The number of likely N-dealkylation sites (tertiary alicyclic amines) is 1. The van der Waals surface area contributed by atoms with Crippen molar-refractivity contribution in [1.82, 2.24) is 4.90 Å². The smallest absolute Gasteiger partial charge is 0.248 e. The van der Waals surface area contributed by atoms with E-state index in [-0.39, 0.29) is 12.5 Å². The van der Waals surface area contributed by atoms with Gasteiger partial charge in [0.1, 0.15) is 6.61 Å². The van der Waals surface area contributed by atoms with Crippen LogP contribution in [0.2, 0.25) is 0 Å². The van der Waals surface area contributed by atoms with E-state index in [1.807, 2.05) is 0 Å². The Morgan fingerprint density at radius 3 is 3.00 bits per heavy atom. The highest BCUT2D eigenvalue weighted by atomic mass is 16.3. The fraction of sp³-hybridized carbons (Fsp3) is 0.875. The van der Waals surface area contributed by atoms with Crippen molar-refractivity contribution in [3.8, 4) is 0 Å². The molecule has 3 heteroatoms. The van der Waals surface area contributed by atoms with Gasteiger partial charge in [-0.3, -0.25) is 4.79 Å². The van der Waals surface area contributed by atoms with Gasteiger partial charge in [-0.1, -0.05) is 6.92 Å². The fourth-order valence-corrected chi connectivity index (χ4v) is 1.52.